The van der Waals surface area contributed by atoms with Crippen LogP contribution in [0.15, 0.2) is 60.7 Å². The predicted molar refractivity (Wildman–Crippen MR) is 108 cm³/mol. The lowest BCUT2D eigenvalue weighted by Crippen LogP contribution is -2.44. The van der Waals surface area contributed by atoms with E-state index in [-0.39, 0.29) is 5.91 Å². The van der Waals surface area contributed by atoms with Gasteiger partial charge in [-0.3, -0.25) is 9.69 Å². The number of likely N-dealkylation sites (tertiary alicyclic amines) is 1. The summed E-state index contributed by atoms with van der Waals surface area (Å²) < 4.78 is 0. The molecule has 27 heavy (non-hydrogen) atoms. The number of benzene rings is 2. The van der Waals surface area contributed by atoms with Gasteiger partial charge in [0.1, 0.15) is 0 Å². The first-order valence-electron chi connectivity index (χ1n) is 9.75. The zero-order chi connectivity index (χ0) is 18.9. The minimum absolute atomic E-state index is 0.0814. The zero-order valence-electron chi connectivity index (χ0n) is 15.8. The molecule has 0 atom stereocenters. The number of para-hydroxylation sites is 1. The molecule has 1 amide bonds. The third-order valence-electron chi connectivity index (χ3n) is 5.25. The molecule has 1 heterocycles. The van der Waals surface area contributed by atoms with Gasteiger partial charge in [-0.1, -0.05) is 48.5 Å². The molecule has 3 rings (SSSR count). The molecule has 0 aliphatic carbocycles. The fourth-order valence-electron chi connectivity index (χ4n) is 3.74. The van der Waals surface area contributed by atoms with Gasteiger partial charge in [-0.05, 0) is 56.0 Å². The highest BCUT2D eigenvalue weighted by Crippen LogP contribution is 2.22. The summed E-state index contributed by atoms with van der Waals surface area (Å²) in [5.41, 5.74) is 2.27. The molecule has 0 aromatic heterocycles. The average molecular weight is 361 g/mol. The van der Waals surface area contributed by atoms with E-state index in [0.717, 1.165) is 38.0 Å². The highest BCUT2D eigenvalue weighted by molar-refractivity contribution is 5.94. The Morgan fingerprint density at radius 2 is 1.67 bits per heavy atom. The van der Waals surface area contributed by atoms with Crippen LogP contribution in [0.1, 0.15) is 24.8 Å². The van der Waals surface area contributed by atoms with Gasteiger partial charge in [0.15, 0.2) is 0 Å². The number of hydrogen-bond acceptors (Lipinski definition) is 3. The van der Waals surface area contributed by atoms with Crippen LogP contribution in [-0.4, -0.2) is 37.0 Å². The molecule has 4 nitrogen and oxygen atoms in total. The lowest BCUT2D eigenvalue weighted by atomic mass is 9.90. The topological polar surface area (TPSA) is 47.3 Å². The minimum Gasteiger partial charge on any atom is -0.310 e. The van der Waals surface area contributed by atoms with Crippen LogP contribution in [0, 0.1) is 17.2 Å². The maximum absolute atomic E-state index is 12.9. The molecule has 1 aliphatic rings. The predicted octanol–water partition coefficient (Wildman–Crippen LogP) is 3.89. The van der Waals surface area contributed by atoms with Crippen LogP contribution in [0.5, 0.6) is 0 Å². The van der Waals surface area contributed by atoms with E-state index in [4.69, 9.17) is 5.26 Å². The fraction of sp³-hybridized carbons (Fsp3) is 0.391. The summed E-state index contributed by atoms with van der Waals surface area (Å²) in [5, 5.41) is 8.92. The molecule has 1 fully saturated rings. The first kappa shape index (κ1) is 19.1. The second kappa shape index (κ2) is 9.89. The Balaban J connectivity index is 1.52. The zero-order valence-corrected chi connectivity index (χ0v) is 15.8. The van der Waals surface area contributed by atoms with Crippen molar-refractivity contribution < 1.29 is 4.79 Å². The number of amides is 1. The van der Waals surface area contributed by atoms with Crippen molar-refractivity contribution in [3.8, 4) is 6.07 Å². The Morgan fingerprint density at radius 1 is 1.04 bits per heavy atom. The van der Waals surface area contributed by atoms with Crippen LogP contribution < -0.4 is 4.90 Å². The first-order chi connectivity index (χ1) is 13.3. The number of anilines is 1. The molecule has 0 radical (unpaired) electrons. The number of rotatable bonds is 7. The Labute approximate surface area is 162 Å². The largest absolute Gasteiger partial charge is 0.310 e. The number of nitrogens with zero attached hydrogens (tertiary/aromatic N) is 3. The van der Waals surface area contributed by atoms with Gasteiger partial charge >= 0.3 is 0 Å². The monoisotopic (exact) mass is 361 g/mol. The molecule has 1 aliphatic heterocycles. The van der Waals surface area contributed by atoms with Crippen molar-refractivity contribution in [1.82, 2.24) is 4.90 Å². The summed E-state index contributed by atoms with van der Waals surface area (Å²) >= 11 is 0. The number of carbonyl (C=O) groups excluding carboxylic acids is 1. The maximum atomic E-state index is 12.9. The first-order valence-corrected chi connectivity index (χ1v) is 9.75. The standard InChI is InChI=1S/C23H27N3O/c24-14-7-15-26(22-10-5-2-6-11-22)23(27)19-25-16-12-21(13-17-25)18-20-8-3-1-4-9-20/h1-6,8-11,21H,7,12-13,15-19H2. The van der Waals surface area contributed by atoms with E-state index in [9.17, 15) is 4.79 Å². The summed E-state index contributed by atoms with van der Waals surface area (Å²) in [6, 6.07) is 22.5. The molecule has 2 aromatic carbocycles. The van der Waals surface area contributed by atoms with Gasteiger partial charge in [0.05, 0.1) is 19.0 Å². The van der Waals surface area contributed by atoms with E-state index in [0.29, 0.717) is 25.4 Å². The molecule has 140 valence electrons. The maximum Gasteiger partial charge on any atom is 0.241 e. The highest BCUT2D eigenvalue weighted by atomic mass is 16.2. The van der Waals surface area contributed by atoms with Crippen molar-refractivity contribution in [2.75, 3.05) is 31.1 Å². The molecule has 0 N–H and O–H groups in total. The minimum atomic E-state index is 0.0814. The Morgan fingerprint density at radius 3 is 2.30 bits per heavy atom. The molecule has 0 bridgehead atoms. The van der Waals surface area contributed by atoms with Crippen LogP contribution in [0.2, 0.25) is 0 Å². The van der Waals surface area contributed by atoms with E-state index in [1.807, 2.05) is 30.3 Å². The Hall–Kier alpha value is -2.64. The van der Waals surface area contributed by atoms with Crippen LogP contribution >= 0.6 is 0 Å². The molecule has 1 saturated heterocycles. The van der Waals surface area contributed by atoms with Crippen LogP contribution in [0.4, 0.5) is 5.69 Å². The third kappa shape index (κ3) is 5.67. The van der Waals surface area contributed by atoms with Crippen molar-refractivity contribution in [1.29, 1.82) is 5.26 Å². The van der Waals surface area contributed by atoms with Crippen molar-refractivity contribution >= 4 is 11.6 Å². The second-order valence-electron chi connectivity index (χ2n) is 7.20. The third-order valence-corrected chi connectivity index (χ3v) is 5.25. The van der Waals surface area contributed by atoms with Gasteiger partial charge < -0.3 is 4.90 Å². The summed E-state index contributed by atoms with van der Waals surface area (Å²) in [7, 11) is 0. The van der Waals surface area contributed by atoms with Gasteiger partial charge in [-0.15, -0.1) is 0 Å². The van der Waals surface area contributed by atoms with E-state index < -0.39 is 0 Å². The lowest BCUT2D eigenvalue weighted by Gasteiger charge is -2.33. The number of carbonyl (C=O) groups is 1. The van der Waals surface area contributed by atoms with E-state index in [2.05, 4.69) is 41.3 Å². The summed E-state index contributed by atoms with van der Waals surface area (Å²) in [4.78, 5) is 16.9. The molecule has 0 spiro atoms. The molecule has 4 heteroatoms. The van der Waals surface area contributed by atoms with Crippen molar-refractivity contribution in [2.45, 2.75) is 25.7 Å². The highest BCUT2D eigenvalue weighted by Gasteiger charge is 2.23. The fourth-order valence-corrected chi connectivity index (χ4v) is 3.74. The lowest BCUT2D eigenvalue weighted by molar-refractivity contribution is -0.120. The van der Waals surface area contributed by atoms with E-state index in [1.54, 1.807) is 4.90 Å². The van der Waals surface area contributed by atoms with Gasteiger partial charge in [-0.2, -0.15) is 5.26 Å². The van der Waals surface area contributed by atoms with Crippen LogP contribution in [-0.2, 0) is 11.2 Å². The van der Waals surface area contributed by atoms with Gasteiger partial charge in [0, 0.05) is 12.2 Å². The normalized spacial score (nSPS) is 15.2. The molecular weight excluding hydrogens is 334 g/mol. The average Bonchev–Trinajstić information content (AvgIpc) is 2.71. The van der Waals surface area contributed by atoms with Gasteiger partial charge in [0.25, 0.3) is 0 Å². The number of hydrogen-bond donors (Lipinski definition) is 0. The van der Waals surface area contributed by atoms with Crippen molar-refractivity contribution in [3.05, 3.63) is 66.2 Å². The van der Waals surface area contributed by atoms with E-state index in [1.165, 1.54) is 5.56 Å². The summed E-state index contributed by atoms with van der Waals surface area (Å²) in [5.74, 6) is 0.778. The SMILES string of the molecule is N#CCCN(C(=O)CN1CCC(Cc2ccccc2)CC1)c1ccccc1. The molecule has 2 aromatic rings. The summed E-state index contributed by atoms with van der Waals surface area (Å²) in [6.45, 7) is 2.80. The van der Waals surface area contributed by atoms with Crippen LogP contribution in [0.3, 0.4) is 0 Å². The molecular formula is C23H27N3O. The van der Waals surface area contributed by atoms with Gasteiger partial charge in [0.2, 0.25) is 5.91 Å². The molecule has 0 unspecified atom stereocenters. The smallest absolute Gasteiger partial charge is 0.241 e. The van der Waals surface area contributed by atoms with Crippen LogP contribution in [0.25, 0.3) is 0 Å². The Kier molecular flexibility index (Phi) is 7.01. The van der Waals surface area contributed by atoms with Crippen molar-refractivity contribution in [2.24, 2.45) is 5.92 Å². The van der Waals surface area contributed by atoms with E-state index >= 15 is 0 Å². The van der Waals surface area contributed by atoms with Crippen molar-refractivity contribution in [3.63, 3.8) is 0 Å². The molecule has 0 saturated carbocycles. The quantitative estimate of drug-likeness (QED) is 0.752. The Bertz CT molecular complexity index is 746. The number of nitriles is 1. The second-order valence-corrected chi connectivity index (χ2v) is 7.20. The summed E-state index contributed by atoms with van der Waals surface area (Å²) in [6.07, 6.45) is 3.73. The number of piperidine rings is 1. The van der Waals surface area contributed by atoms with Gasteiger partial charge in [-0.25, -0.2) is 0 Å².